The van der Waals surface area contributed by atoms with Crippen molar-refractivity contribution in [1.29, 1.82) is 0 Å². The van der Waals surface area contributed by atoms with Crippen molar-refractivity contribution in [2.75, 3.05) is 0 Å². The average molecular weight is 757 g/mol. The van der Waals surface area contributed by atoms with Crippen LogP contribution in [-0.2, 0) is 10.8 Å². The van der Waals surface area contributed by atoms with E-state index in [2.05, 4.69) is 109 Å². The second-order valence-electron chi connectivity index (χ2n) is 22.5. The summed E-state index contributed by atoms with van der Waals surface area (Å²) in [6.07, 6.45) is 18.1. The van der Waals surface area contributed by atoms with E-state index in [1.54, 1.807) is 49.7 Å². The molecule has 2 nitrogen and oxygen atoms in total. The minimum absolute atomic E-state index is 0.409. The Morgan fingerprint density at radius 1 is 0.328 bits per heavy atom. The second-order valence-corrected chi connectivity index (χ2v) is 22.5. The SMILES string of the molecule is c1ccc(-c2ccc(-c3nc(-c4ccc(C56CC7C8CC9CC7C(C5)C(C9)C8C6)cc4)cc(-c4ccc(C56CC7C8CC9CC7C(C5)C(C9)C8C6)cc4)n3)cc2)cc1. The molecule has 4 aromatic carbocycles. The molecule has 5 aromatic rings. The van der Waals surface area contributed by atoms with Crippen molar-refractivity contribution in [3.63, 3.8) is 0 Å². The number of nitrogens with zero attached hydrogens (tertiary/aromatic N) is 2. The Labute approximate surface area is 344 Å². The first kappa shape index (κ1) is 32.8. The molecule has 16 bridgehead atoms. The van der Waals surface area contributed by atoms with Crippen molar-refractivity contribution in [1.82, 2.24) is 9.97 Å². The van der Waals surface area contributed by atoms with E-state index in [0.29, 0.717) is 10.8 Å². The van der Waals surface area contributed by atoms with Crippen LogP contribution in [-0.4, -0.2) is 9.97 Å². The van der Waals surface area contributed by atoms with E-state index in [1.807, 2.05) is 0 Å². The summed E-state index contributed by atoms with van der Waals surface area (Å²) >= 11 is 0. The van der Waals surface area contributed by atoms with Crippen LogP contribution in [0.4, 0.5) is 0 Å². The van der Waals surface area contributed by atoms with E-state index in [4.69, 9.17) is 9.97 Å². The van der Waals surface area contributed by atoms with Gasteiger partial charge in [-0.25, -0.2) is 9.97 Å². The van der Waals surface area contributed by atoms with Crippen molar-refractivity contribution < 1.29 is 0 Å². The van der Waals surface area contributed by atoms with Gasteiger partial charge in [0.2, 0.25) is 0 Å². The number of benzene rings is 4. The summed E-state index contributed by atoms with van der Waals surface area (Å²) in [5, 5.41) is 0. The number of hydrogen-bond acceptors (Lipinski definition) is 2. The first-order chi connectivity index (χ1) is 28.5. The molecule has 0 amide bonds. The molecular formula is C56H56N2. The predicted molar refractivity (Wildman–Crippen MR) is 231 cm³/mol. The molecule has 0 unspecified atom stereocenters. The molecule has 14 saturated carbocycles. The lowest BCUT2D eigenvalue weighted by molar-refractivity contribution is -0.212. The van der Waals surface area contributed by atoms with Crippen LogP contribution in [0.2, 0.25) is 0 Å². The molecule has 0 atom stereocenters. The first-order valence-corrected chi connectivity index (χ1v) is 23.8. The lowest BCUT2D eigenvalue weighted by atomic mass is 9.32. The largest absolute Gasteiger partial charge is 0.228 e. The van der Waals surface area contributed by atoms with Crippen molar-refractivity contribution >= 4 is 0 Å². The summed E-state index contributed by atoms with van der Waals surface area (Å²) in [5.41, 5.74) is 12.1. The van der Waals surface area contributed by atoms with Gasteiger partial charge < -0.3 is 0 Å². The fourth-order valence-corrected chi connectivity index (χ4v) is 18.8. The maximum atomic E-state index is 5.35. The third-order valence-corrected chi connectivity index (χ3v) is 20.6. The Hall–Kier alpha value is -4.04. The van der Waals surface area contributed by atoms with Crippen LogP contribution >= 0.6 is 0 Å². The van der Waals surface area contributed by atoms with Crippen molar-refractivity contribution in [3.8, 4) is 45.0 Å². The van der Waals surface area contributed by atoms with Crippen LogP contribution in [0.15, 0.2) is 109 Å². The van der Waals surface area contributed by atoms with Gasteiger partial charge in [-0.1, -0.05) is 103 Å². The summed E-state index contributed by atoms with van der Waals surface area (Å²) in [6, 6.07) is 41.6. The van der Waals surface area contributed by atoms with Gasteiger partial charge in [0.15, 0.2) is 5.82 Å². The Morgan fingerprint density at radius 3 is 1.03 bits per heavy atom. The molecule has 290 valence electrons. The summed E-state index contributed by atoms with van der Waals surface area (Å²) in [6.45, 7) is 0. The molecule has 0 saturated heterocycles. The summed E-state index contributed by atoms with van der Waals surface area (Å²) in [4.78, 5) is 10.7. The topological polar surface area (TPSA) is 25.8 Å². The highest BCUT2D eigenvalue weighted by Gasteiger charge is 2.69. The summed E-state index contributed by atoms with van der Waals surface area (Å²) < 4.78 is 0. The van der Waals surface area contributed by atoms with Gasteiger partial charge in [-0.15, -0.1) is 0 Å². The molecule has 0 spiro atoms. The van der Waals surface area contributed by atoms with E-state index in [9.17, 15) is 0 Å². The number of rotatable bonds is 6. The normalized spacial score (nSPS) is 43.5. The van der Waals surface area contributed by atoms with Crippen LogP contribution in [0, 0.1) is 82.9 Å². The van der Waals surface area contributed by atoms with Crippen LogP contribution in [0.25, 0.3) is 45.0 Å². The van der Waals surface area contributed by atoms with Gasteiger partial charge in [-0.3, -0.25) is 0 Å². The van der Waals surface area contributed by atoms with Gasteiger partial charge in [0, 0.05) is 16.7 Å². The average Bonchev–Trinajstić information content (AvgIpc) is 3.29. The minimum atomic E-state index is 0.409. The quantitative estimate of drug-likeness (QED) is 0.172. The van der Waals surface area contributed by atoms with Crippen molar-refractivity contribution in [3.05, 3.63) is 120 Å². The standard InChI is InChI=1S/C56H56N2/c1-2-4-33(5-3-1)34-6-8-37(9-7-34)54-57-52(35-10-14-38(15-11-35)55-25-46-40-18-31-19-41(46)48(27-55)42(20-31)47(40)26-55)24-53(58-54)36-12-16-39(17-13-36)56-28-49-43-21-32-22-44(49)51(30-56)45(23-32)50(43)29-56/h1-17,24,31-32,40-51H,18-23,25-30H2. The van der Waals surface area contributed by atoms with Gasteiger partial charge in [-0.2, -0.15) is 0 Å². The third-order valence-electron chi connectivity index (χ3n) is 20.6. The Kier molecular flexibility index (Phi) is 6.44. The van der Waals surface area contributed by atoms with Gasteiger partial charge in [0.1, 0.15) is 0 Å². The van der Waals surface area contributed by atoms with E-state index in [1.165, 1.54) is 60.8 Å². The molecule has 14 aliphatic rings. The predicted octanol–water partition coefficient (Wildman–Crippen LogP) is 13.1. The zero-order chi connectivity index (χ0) is 37.5. The molecule has 58 heavy (non-hydrogen) atoms. The molecule has 0 aliphatic heterocycles. The Balaban J connectivity index is 0.777. The van der Waals surface area contributed by atoms with Gasteiger partial charge in [0.25, 0.3) is 0 Å². The van der Waals surface area contributed by atoms with Crippen LogP contribution in [0.3, 0.4) is 0 Å². The maximum Gasteiger partial charge on any atom is 0.160 e. The van der Waals surface area contributed by atoms with E-state index in [-0.39, 0.29) is 0 Å². The Morgan fingerprint density at radius 2 is 0.655 bits per heavy atom. The van der Waals surface area contributed by atoms with Gasteiger partial charge in [-0.05, 0) is 199 Å². The van der Waals surface area contributed by atoms with E-state index >= 15 is 0 Å². The zero-order valence-corrected chi connectivity index (χ0v) is 33.9. The number of aromatic nitrogens is 2. The summed E-state index contributed by atoms with van der Waals surface area (Å²) in [5.74, 6) is 15.3. The second kappa shape index (κ2) is 11.4. The maximum absolute atomic E-state index is 5.35. The molecule has 0 N–H and O–H groups in total. The minimum Gasteiger partial charge on any atom is -0.228 e. The fraction of sp³-hybridized carbons (Fsp3) is 0.500. The van der Waals surface area contributed by atoms with Gasteiger partial charge >= 0.3 is 0 Å². The molecule has 19 rings (SSSR count). The van der Waals surface area contributed by atoms with E-state index < -0.39 is 0 Å². The van der Waals surface area contributed by atoms with Gasteiger partial charge in [0.05, 0.1) is 11.4 Å². The highest BCUT2D eigenvalue weighted by molar-refractivity contribution is 5.74. The third kappa shape index (κ3) is 4.36. The zero-order valence-electron chi connectivity index (χ0n) is 33.9. The van der Waals surface area contributed by atoms with Crippen LogP contribution < -0.4 is 0 Å². The first-order valence-electron chi connectivity index (χ1n) is 23.8. The van der Waals surface area contributed by atoms with Crippen molar-refractivity contribution in [2.45, 2.75) is 87.9 Å². The molecular weight excluding hydrogens is 701 g/mol. The molecule has 1 heterocycles. The highest BCUT2D eigenvalue weighted by Crippen LogP contribution is 2.76. The lowest BCUT2D eigenvalue weighted by Gasteiger charge is -2.72. The van der Waals surface area contributed by atoms with Crippen molar-refractivity contribution in [2.24, 2.45) is 82.9 Å². The Bertz CT molecular complexity index is 2210. The van der Waals surface area contributed by atoms with Crippen LogP contribution in [0.1, 0.15) is 88.2 Å². The molecule has 2 heteroatoms. The monoisotopic (exact) mass is 756 g/mol. The smallest absolute Gasteiger partial charge is 0.160 e. The summed E-state index contributed by atoms with van der Waals surface area (Å²) in [7, 11) is 0. The van der Waals surface area contributed by atoms with E-state index in [0.717, 1.165) is 106 Å². The van der Waals surface area contributed by atoms with Crippen LogP contribution in [0.5, 0.6) is 0 Å². The fourth-order valence-electron chi connectivity index (χ4n) is 18.8. The lowest BCUT2D eigenvalue weighted by Crippen LogP contribution is -2.66. The molecule has 14 fully saturated rings. The molecule has 14 aliphatic carbocycles. The molecule has 1 aromatic heterocycles. The highest BCUT2D eigenvalue weighted by atomic mass is 14.9. The molecule has 0 radical (unpaired) electrons. The number of hydrogen-bond donors (Lipinski definition) is 0.